The van der Waals surface area contributed by atoms with E-state index in [2.05, 4.69) is 50.1 Å². The number of halogens is 1. The van der Waals surface area contributed by atoms with Gasteiger partial charge in [-0.1, -0.05) is 24.0 Å². The zero-order valence-electron chi connectivity index (χ0n) is 22.3. The van der Waals surface area contributed by atoms with E-state index in [1.165, 1.54) is 5.56 Å². The molecule has 0 radical (unpaired) electrons. The van der Waals surface area contributed by atoms with Crippen molar-refractivity contribution >= 4 is 17.7 Å². The van der Waals surface area contributed by atoms with Gasteiger partial charge in [0, 0.05) is 61.9 Å². The average molecular weight is 548 g/mol. The number of carbonyl (C=O) groups is 3. The Bertz CT molecular complexity index is 1270. The molecule has 4 N–H and O–H groups in total. The zero-order valence-corrected chi connectivity index (χ0v) is 22.3. The second kappa shape index (κ2) is 13.0. The number of hydrogen-bond donors (Lipinski definition) is 4. The molecule has 3 saturated heterocycles. The molecule has 40 heavy (non-hydrogen) atoms. The van der Waals surface area contributed by atoms with Gasteiger partial charge in [-0.2, -0.15) is 0 Å². The summed E-state index contributed by atoms with van der Waals surface area (Å²) in [7, 11) is 0. The number of alkyl halides is 1. The van der Waals surface area contributed by atoms with E-state index in [1.807, 2.05) is 12.1 Å². The molecule has 0 unspecified atom stereocenters. The summed E-state index contributed by atoms with van der Waals surface area (Å²) in [4.78, 5) is 39.5. The normalized spacial score (nSPS) is 24.6. The number of rotatable bonds is 7. The Morgan fingerprint density at radius 2 is 1.68 bits per heavy atom. The van der Waals surface area contributed by atoms with Crippen molar-refractivity contribution in [1.29, 1.82) is 0 Å². The van der Waals surface area contributed by atoms with Gasteiger partial charge in [-0.15, -0.1) is 0 Å². The molecule has 3 aliphatic heterocycles. The lowest BCUT2D eigenvalue weighted by atomic mass is 10.1. The fourth-order valence-corrected chi connectivity index (χ4v) is 5.05. The van der Waals surface area contributed by atoms with Crippen LogP contribution in [0.2, 0.25) is 0 Å². The Morgan fingerprint density at radius 1 is 1.00 bits per heavy atom. The summed E-state index contributed by atoms with van der Waals surface area (Å²) < 4.78 is 18.7. The van der Waals surface area contributed by atoms with Crippen molar-refractivity contribution in [2.24, 2.45) is 0 Å². The van der Waals surface area contributed by atoms with E-state index in [-0.39, 0.29) is 43.3 Å². The fraction of sp³-hybridized carbons (Fsp3) is 0.433. The third-order valence-electron chi connectivity index (χ3n) is 7.36. The number of nitrogens with zero attached hydrogens (tertiary/aromatic N) is 1. The highest BCUT2D eigenvalue weighted by Gasteiger charge is 2.36. The highest BCUT2D eigenvalue weighted by molar-refractivity contribution is 5.94. The van der Waals surface area contributed by atoms with Gasteiger partial charge in [0.25, 0.3) is 5.91 Å². The van der Waals surface area contributed by atoms with Gasteiger partial charge in [0.2, 0.25) is 11.8 Å². The molecule has 210 valence electrons. The summed E-state index contributed by atoms with van der Waals surface area (Å²) in [6, 6.07) is 13.6. The maximum absolute atomic E-state index is 13.3. The Balaban J connectivity index is 1.06. The van der Waals surface area contributed by atoms with E-state index in [0.717, 1.165) is 44.0 Å². The van der Waals surface area contributed by atoms with Gasteiger partial charge in [0.1, 0.15) is 12.2 Å². The monoisotopic (exact) mass is 547 g/mol. The molecule has 0 saturated carbocycles. The number of carbonyl (C=O) groups excluding carboxylic acids is 3. The van der Waals surface area contributed by atoms with E-state index in [0.29, 0.717) is 12.0 Å². The summed E-state index contributed by atoms with van der Waals surface area (Å²) in [6.45, 7) is 4.75. The standard InChI is InChI=1S/C30H34FN5O4/c31-24-15-26(32-17-24)29(38)35-27-16-25(34-30(27)39)18-33-28(37)23-9-7-21(8-10-23)2-1-20-3-5-22(6-4-20)19-36-11-13-40-14-12-36/h3-10,24-27,32H,11-19H2,(H,33,37)(H,34,39)(H,35,38)/t24-,25+,26-,27+/m0/s1. The molecule has 0 spiro atoms. The summed E-state index contributed by atoms with van der Waals surface area (Å²) in [5, 5.41) is 11.1. The first-order valence-electron chi connectivity index (χ1n) is 13.7. The molecule has 3 amide bonds. The lowest BCUT2D eigenvalue weighted by Crippen LogP contribution is -2.47. The third kappa shape index (κ3) is 7.45. The van der Waals surface area contributed by atoms with Crippen LogP contribution in [-0.2, 0) is 20.9 Å². The van der Waals surface area contributed by atoms with Crippen LogP contribution in [0.1, 0.15) is 39.9 Å². The molecule has 0 bridgehead atoms. The number of hydrogen-bond acceptors (Lipinski definition) is 6. The van der Waals surface area contributed by atoms with E-state index >= 15 is 0 Å². The van der Waals surface area contributed by atoms with Crippen molar-refractivity contribution in [3.63, 3.8) is 0 Å². The maximum Gasteiger partial charge on any atom is 0.251 e. The van der Waals surface area contributed by atoms with E-state index in [1.54, 1.807) is 24.3 Å². The van der Waals surface area contributed by atoms with E-state index < -0.39 is 18.3 Å². The molecule has 2 aromatic carbocycles. The molecule has 3 aliphatic rings. The number of ether oxygens (including phenoxy) is 1. The largest absolute Gasteiger partial charge is 0.379 e. The van der Waals surface area contributed by atoms with Crippen LogP contribution in [0, 0.1) is 11.8 Å². The number of morpholine rings is 1. The van der Waals surface area contributed by atoms with Crippen LogP contribution in [0.5, 0.6) is 0 Å². The maximum atomic E-state index is 13.3. The molecule has 0 aromatic heterocycles. The van der Waals surface area contributed by atoms with Crippen LogP contribution in [-0.4, -0.2) is 86.3 Å². The average Bonchev–Trinajstić information content (AvgIpc) is 3.57. The van der Waals surface area contributed by atoms with Crippen molar-refractivity contribution in [3.8, 4) is 11.8 Å². The molecular formula is C30H34FN5O4. The topological polar surface area (TPSA) is 112 Å². The number of amides is 3. The molecule has 9 nitrogen and oxygen atoms in total. The van der Waals surface area contributed by atoms with Gasteiger partial charge in [-0.3, -0.25) is 19.3 Å². The van der Waals surface area contributed by atoms with Crippen LogP contribution in [0.15, 0.2) is 48.5 Å². The minimum absolute atomic E-state index is 0.104. The van der Waals surface area contributed by atoms with Crippen molar-refractivity contribution in [1.82, 2.24) is 26.2 Å². The van der Waals surface area contributed by atoms with Gasteiger partial charge >= 0.3 is 0 Å². The predicted molar refractivity (Wildman–Crippen MR) is 147 cm³/mol. The zero-order chi connectivity index (χ0) is 27.9. The minimum Gasteiger partial charge on any atom is -0.379 e. The minimum atomic E-state index is -1.06. The Labute approximate surface area is 233 Å². The molecule has 4 atom stereocenters. The SMILES string of the molecule is O=C(NC[C@H]1C[C@@H](NC(=O)[C@@H]2C[C@H](F)CN2)C(=O)N1)c1ccc(C#Cc2ccc(CN3CCOCC3)cc2)cc1. The molecule has 5 rings (SSSR count). The number of nitrogens with one attached hydrogen (secondary N) is 4. The van der Waals surface area contributed by atoms with Crippen LogP contribution in [0.25, 0.3) is 0 Å². The summed E-state index contributed by atoms with van der Waals surface area (Å²) in [5.74, 6) is 5.35. The van der Waals surface area contributed by atoms with Crippen molar-refractivity contribution in [2.75, 3.05) is 39.4 Å². The van der Waals surface area contributed by atoms with Gasteiger partial charge in [-0.25, -0.2) is 4.39 Å². The lowest BCUT2D eigenvalue weighted by molar-refractivity contribution is -0.128. The van der Waals surface area contributed by atoms with Crippen LogP contribution in [0.4, 0.5) is 4.39 Å². The van der Waals surface area contributed by atoms with Crippen molar-refractivity contribution in [2.45, 2.75) is 43.7 Å². The molecule has 10 heteroatoms. The van der Waals surface area contributed by atoms with Crippen molar-refractivity contribution < 1.29 is 23.5 Å². The van der Waals surface area contributed by atoms with E-state index in [9.17, 15) is 18.8 Å². The highest BCUT2D eigenvalue weighted by Crippen LogP contribution is 2.13. The van der Waals surface area contributed by atoms with E-state index in [4.69, 9.17) is 4.74 Å². The summed E-state index contributed by atoms with van der Waals surface area (Å²) in [6.07, 6.45) is -0.604. The molecule has 3 heterocycles. The smallest absolute Gasteiger partial charge is 0.251 e. The van der Waals surface area contributed by atoms with Gasteiger partial charge in [0.05, 0.1) is 19.3 Å². The van der Waals surface area contributed by atoms with Crippen molar-refractivity contribution in [3.05, 3.63) is 70.8 Å². The Morgan fingerprint density at radius 3 is 2.33 bits per heavy atom. The van der Waals surface area contributed by atoms with Gasteiger partial charge < -0.3 is 26.0 Å². The molecular weight excluding hydrogens is 513 g/mol. The second-order valence-electron chi connectivity index (χ2n) is 10.4. The highest BCUT2D eigenvalue weighted by atomic mass is 19.1. The molecule has 2 aromatic rings. The molecule has 0 aliphatic carbocycles. The Hall–Kier alpha value is -3.78. The van der Waals surface area contributed by atoms with Gasteiger partial charge in [0.15, 0.2) is 0 Å². The van der Waals surface area contributed by atoms with Gasteiger partial charge in [-0.05, 0) is 48.4 Å². The quantitative estimate of drug-likeness (QED) is 0.381. The fourth-order valence-electron chi connectivity index (χ4n) is 5.05. The first kappa shape index (κ1) is 27.8. The molecule has 3 fully saturated rings. The third-order valence-corrected chi connectivity index (χ3v) is 7.36. The Kier molecular flexibility index (Phi) is 9.06. The number of benzene rings is 2. The van der Waals surface area contributed by atoms with Crippen LogP contribution in [0.3, 0.4) is 0 Å². The summed E-state index contributed by atoms with van der Waals surface area (Å²) in [5.41, 5.74) is 3.45. The predicted octanol–water partition coefficient (Wildman–Crippen LogP) is 0.722. The first-order valence-corrected chi connectivity index (χ1v) is 13.7. The summed E-state index contributed by atoms with van der Waals surface area (Å²) >= 11 is 0. The first-order chi connectivity index (χ1) is 19.4. The lowest BCUT2D eigenvalue weighted by Gasteiger charge is -2.26. The second-order valence-corrected chi connectivity index (χ2v) is 10.4. The van der Waals surface area contributed by atoms with Crippen LogP contribution < -0.4 is 21.3 Å². The van der Waals surface area contributed by atoms with Crippen LogP contribution >= 0.6 is 0 Å².